The predicted molar refractivity (Wildman–Crippen MR) is 79.0 cm³/mol. The van der Waals surface area contributed by atoms with Crippen molar-refractivity contribution in [1.29, 1.82) is 0 Å². The summed E-state index contributed by atoms with van der Waals surface area (Å²) in [6.45, 7) is 9.08. The Morgan fingerprint density at radius 2 is 1.81 bits per heavy atom. The molecule has 0 aromatic carbocycles. The van der Waals surface area contributed by atoms with Gasteiger partial charge in [-0.2, -0.15) is 0 Å². The Bertz CT molecular complexity index is 163. The van der Waals surface area contributed by atoms with Gasteiger partial charge >= 0.3 is 0 Å². The fourth-order valence-corrected chi connectivity index (χ4v) is 3.02. The Balaban J connectivity index is 3.81. The molecule has 0 saturated heterocycles. The van der Waals surface area contributed by atoms with Crippen LogP contribution < -0.4 is 0 Å². The Morgan fingerprint density at radius 1 is 1.06 bits per heavy atom. The van der Waals surface area contributed by atoms with Crippen molar-refractivity contribution in [3.8, 4) is 0 Å². The van der Waals surface area contributed by atoms with Crippen LogP contribution in [-0.4, -0.2) is 5.25 Å². The number of hydrogen-bond donors (Lipinski definition) is 0. The highest BCUT2D eigenvalue weighted by Gasteiger charge is 2.11. The van der Waals surface area contributed by atoms with Crippen LogP contribution in [0.2, 0.25) is 0 Å². The molecular weight excluding hydrogens is 212 g/mol. The third-order valence-electron chi connectivity index (χ3n) is 3.03. The highest BCUT2D eigenvalue weighted by atomic mass is 32.2. The smallest absolute Gasteiger partial charge is 0.00626 e. The van der Waals surface area contributed by atoms with Crippen LogP contribution in [0.4, 0.5) is 0 Å². The molecule has 1 heteroatoms. The maximum absolute atomic E-state index is 2.37. The average Bonchev–Trinajstić information content (AvgIpc) is 2.27. The van der Waals surface area contributed by atoms with E-state index in [-0.39, 0.29) is 0 Å². The fourth-order valence-electron chi connectivity index (χ4n) is 2.21. The molecular formula is C15H30S. The van der Waals surface area contributed by atoms with Crippen LogP contribution >= 0.6 is 11.8 Å². The summed E-state index contributed by atoms with van der Waals surface area (Å²) in [5, 5.41) is 3.02. The van der Waals surface area contributed by atoms with Crippen molar-refractivity contribution in [2.45, 2.75) is 77.9 Å². The maximum Gasteiger partial charge on any atom is 0.00626 e. The Labute approximate surface area is 107 Å². The first-order valence-electron chi connectivity index (χ1n) is 7.01. The highest BCUT2D eigenvalue weighted by Crippen LogP contribution is 2.26. The molecule has 0 aromatic rings. The van der Waals surface area contributed by atoms with Crippen LogP contribution in [0.15, 0.2) is 11.5 Å². The molecule has 0 rings (SSSR count). The molecule has 0 aliphatic rings. The zero-order valence-electron chi connectivity index (χ0n) is 11.7. The minimum atomic E-state index is 0.786. The van der Waals surface area contributed by atoms with Crippen molar-refractivity contribution in [2.75, 3.05) is 0 Å². The topological polar surface area (TPSA) is 0 Å². The van der Waals surface area contributed by atoms with Gasteiger partial charge in [-0.15, -0.1) is 11.8 Å². The molecule has 0 spiro atoms. The van der Waals surface area contributed by atoms with E-state index in [0.717, 1.165) is 11.2 Å². The van der Waals surface area contributed by atoms with Crippen LogP contribution in [0.5, 0.6) is 0 Å². The van der Waals surface area contributed by atoms with Gasteiger partial charge in [-0.25, -0.2) is 0 Å². The van der Waals surface area contributed by atoms with E-state index >= 15 is 0 Å². The number of allylic oxidation sites excluding steroid dienone is 1. The van der Waals surface area contributed by atoms with E-state index in [2.05, 4.69) is 39.2 Å². The summed E-state index contributed by atoms with van der Waals surface area (Å²) in [6, 6.07) is 0. The van der Waals surface area contributed by atoms with Crippen molar-refractivity contribution in [1.82, 2.24) is 0 Å². The SMILES string of the molecule is CC=CSC(C)CC(CCC)CCCCC. The molecule has 16 heavy (non-hydrogen) atoms. The quantitative estimate of drug-likeness (QED) is 0.422. The molecule has 0 fully saturated rings. The average molecular weight is 242 g/mol. The lowest BCUT2D eigenvalue weighted by molar-refractivity contribution is 0.398. The van der Waals surface area contributed by atoms with E-state index in [4.69, 9.17) is 0 Å². The second-order valence-electron chi connectivity index (χ2n) is 4.80. The van der Waals surface area contributed by atoms with Crippen molar-refractivity contribution in [2.24, 2.45) is 5.92 Å². The first-order valence-corrected chi connectivity index (χ1v) is 7.95. The number of rotatable bonds is 10. The molecule has 0 radical (unpaired) electrons. The van der Waals surface area contributed by atoms with Crippen LogP contribution in [0, 0.1) is 5.92 Å². The number of unbranched alkanes of at least 4 members (excludes halogenated alkanes) is 2. The van der Waals surface area contributed by atoms with Crippen molar-refractivity contribution >= 4 is 11.8 Å². The largest absolute Gasteiger partial charge is 0.131 e. The second-order valence-corrected chi connectivity index (χ2v) is 6.15. The van der Waals surface area contributed by atoms with Gasteiger partial charge in [0.15, 0.2) is 0 Å². The van der Waals surface area contributed by atoms with Gasteiger partial charge in [-0.1, -0.05) is 65.4 Å². The van der Waals surface area contributed by atoms with Gasteiger partial charge < -0.3 is 0 Å². The summed E-state index contributed by atoms with van der Waals surface area (Å²) in [5.74, 6) is 0.962. The Kier molecular flexibility index (Phi) is 11.6. The van der Waals surface area contributed by atoms with E-state index in [1.807, 2.05) is 11.8 Å². The highest BCUT2D eigenvalue weighted by molar-refractivity contribution is 8.02. The van der Waals surface area contributed by atoms with E-state index in [0.29, 0.717) is 0 Å². The molecule has 96 valence electrons. The minimum absolute atomic E-state index is 0.786. The Morgan fingerprint density at radius 3 is 2.38 bits per heavy atom. The summed E-state index contributed by atoms with van der Waals surface area (Å²) in [5.41, 5.74) is 0. The molecule has 2 unspecified atom stereocenters. The lowest BCUT2D eigenvalue weighted by atomic mass is 9.92. The van der Waals surface area contributed by atoms with Gasteiger partial charge in [0.25, 0.3) is 0 Å². The molecule has 0 aliphatic heterocycles. The first kappa shape index (κ1) is 16.1. The zero-order chi connectivity index (χ0) is 12.2. The van der Waals surface area contributed by atoms with Gasteiger partial charge in [0.05, 0.1) is 0 Å². The van der Waals surface area contributed by atoms with Crippen molar-refractivity contribution < 1.29 is 0 Å². The van der Waals surface area contributed by atoms with Crippen molar-refractivity contribution in [3.05, 3.63) is 11.5 Å². The van der Waals surface area contributed by atoms with Gasteiger partial charge in [0.1, 0.15) is 0 Å². The summed E-state index contributed by atoms with van der Waals surface area (Å²) in [7, 11) is 0. The summed E-state index contributed by atoms with van der Waals surface area (Å²) >= 11 is 1.99. The molecule has 0 amide bonds. The maximum atomic E-state index is 2.37. The summed E-state index contributed by atoms with van der Waals surface area (Å²) in [6.07, 6.45) is 11.9. The fraction of sp³-hybridized carbons (Fsp3) is 0.867. The lowest BCUT2D eigenvalue weighted by Crippen LogP contribution is -2.07. The molecule has 0 aromatic heterocycles. The van der Waals surface area contributed by atoms with E-state index in [1.54, 1.807) is 0 Å². The number of hydrogen-bond acceptors (Lipinski definition) is 1. The van der Waals surface area contributed by atoms with Gasteiger partial charge in [-0.05, 0) is 24.7 Å². The van der Waals surface area contributed by atoms with Crippen LogP contribution in [0.3, 0.4) is 0 Å². The number of thioether (sulfide) groups is 1. The molecule has 0 heterocycles. The standard InChI is InChI=1S/C15H30S/c1-5-8-9-11-15(10-6-2)13-14(4)16-12-7-3/h7,12,14-15H,5-6,8-11,13H2,1-4H3. The van der Waals surface area contributed by atoms with Gasteiger partial charge in [0.2, 0.25) is 0 Å². The molecule has 0 N–H and O–H groups in total. The zero-order valence-corrected chi connectivity index (χ0v) is 12.5. The minimum Gasteiger partial charge on any atom is -0.131 e. The monoisotopic (exact) mass is 242 g/mol. The van der Waals surface area contributed by atoms with Gasteiger partial charge in [-0.3, -0.25) is 0 Å². The molecule has 0 bridgehead atoms. The predicted octanol–water partition coefficient (Wildman–Crippen LogP) is 6.03. The Hall–Kier alpha value is 0.0900. The van der Waals surface area contributed by atoms with E-state index < -0.39 is 0 Å². The third-order valence-corrected chi connectivity index (χ3v) is 4.11. The second kappa shape index (κ2) is 11.6. The molecule has 0 saturated carbocycles. The van der Waals surface area contributed by atoms with Crippen molar-refractivity contribution in [3.63, 3.8) is 0 Å². The molecule has 2 atom stereocenters. The van der Waals surface area contributed by atoms with Gasteiger partial charge in [0, 0.05) is 5.25 Å². The van der Waals surface area contributed by atoms with Crippen LogP contribution in [0.1, 0.15) is 72.6 Å². The first-order chi connectivity index (χ1) is 7.74. The molecule has 0 nitrogen and oxygen atoms in total. The lowest BCUT2D eigenvalue weighted by Gasteiger charge is -2.19. The normalized spacial score (nSPS) is 15.5. The van der Waals surface area contributed by atoms with E-state index in [1.165, 1.54) is 44.9 Å². The third kappa shape index (κ3) is 9.33. The van der Waals surface area contributed by atoms with Crippen LogP contribution in [0.25, 0.3) is 0 Å². The summed E-state index contributed by atoms with van der Waals surface area (Å²) in [4.78, 5) is 0. The van der Waals surface area contributed by atoms with E-state index in [9.17, 15) is 0 Å². The summed E-state index contributed by atoms with van der Waals surface area (Å²) < 4.78 is 0. The molecule has 0 aliphatic carbocycles. The van der Waals surface area contributed by atoms with Crippen LogP contribution in [-0.2, 0) is 0 Å².